The molecule has 2 unspecified atom stereocenters. The van der Waals surface area contributed by atoms with E-state index in [9.17, 15) is 9.59 Å². The zero-order valence-electron chi connectivity index (χ0n) is 10.6. The number of rotatable bonds is 2. The quantitative estimate of drug-likeness (QED) is 0.716. The number of hydrogen-bond donors (Lipinski definition) is 1. The summed E-state index contributed by atoms with van der Waals surface area (Å²) in [4.78, 5) is 26.5. The van der Waals surface area contributed by atoms with Crippen molar-refractivity contribution in [1.82, 2.24) is 4.90 Å². The minimum Gasteiger partial charge on any atom is -0.381 e. The van der Waals surface area contributed by atoms with Crippen molar-refractivity contribution in [3.63, 3.8) is 0 Å². The first-order valence-corrected chi connectivity index (χ1v) is 6.84. The van der Waals surface area contributed by atoms with E-state index in [2.05, 4.69) is 0 Å². The summed E-state index contributed by atoms with van der Waals surface area (Å²) in [7, 11) is 0. The maximum Gasteiger partial charge on any atom is 0.232 e. The number of amides is 2. The molecule has 18 heavy (non-hydrogen) atoms. The Morgan fingerprint density at radius 2 is 1.72 bits per heavy atom. The van der Waals surface area contributed by atoms with Crippen LogP contribution in [-0.2, 0) is 14.3 Å². The predicted octanol–water partition coefficient (Wildman–Crippen LogP) is 0.279. The molecule has 0 aromatic carbocycles. The van der Waals surface area contributed by atoms with E-state index in [1.807, 2.05) is 0 Å². The van der Waals surface area contributed by atoms with Crippen LogP contribution in [0.3, 0.4) is 0 Å². The van der Waals surface area contributed by atoms with Gasteiger partial charge in [-0.25, -0.2) is 0 Å². The largest absolute Gasteiger partial charge is 0.381 e. The van der Waals surface area contributed by atoms with Crippen molar-refractivity contribution in [2.45, 2.75) is 37.6 Å². The van der Waals surface area contributed by atoms with Gasteiger partial charge in [0.25, 0.3) is 0 Å². The summed E-state index contributed by atoms with van der Waals surface area (Å²) < 4.78 is 5.35. The standard InChI is InChI=1S/C13H20N2O3/c14-8-13(3-5-18-6-4-13)15-11(16)9-1-2-10(7-9)12(15)17/h9-10H,1-8,14H2. The zero-order chi connectivity index (χ0) is 12.8. The number of fused-ring (bicyclic) bond motifs is 2. The van der Waals surface area contributed by atoms with Gasteiger partial charge in [-0.05, 0) is 32.1 Å². The van der Waals surface area contributed by atoms with Crippen LogP contribution in [-0.4, -0.2) is 42.0 Å². The molecular formula is C13H20N2O3. The van der Waals surface area contributed by atoms with Crippen LogP contribution >= 0.6 is 0 Å². The molecule has 100 valence electrons. The van der Waals surface area contributed by atoms with Gasteiger partial charge in [0.1, 0.15) is 0 Å². The SMILES string of the molecule is NCC1(N2C(=O)C3CCC(C3)C2=O)CCOCC1. The Labute approximate surface area is 107 Å². The maximum absolute atomic E-state index is 12.5. The molecule has 0 aromatic rings. The summed E-state index contributed by atoms with van der Waals surface area (Å²) >= 11 is 0. The van der Waals surface area contributed by atoms with E-state index in [1.54, 1.807) is 0 Å². The van der Waals surface area contributed by atoms with Gasteiger partial charge in [-0.1, -0.05) is 0 Å². The van der Waals surface area contributed by atoms with E-state index in [-0.39, 0.29) is 23.7 Å². The molecule has 0 aromatic heterocycles. The molecule has 3 aliphatic rings. The lowest BCUT2D eigenvalue weighted by Crippen LogP contribution is -2.64. The lowest BCUT2D eigenvalue weighted by Gasteiger charge is -2.47. The Morgan fingerprint density at radius 1 is 1.17 bits per heavy atom. The molecule has 0 radical (unpaired) electrons. The Balaban J connectivity index is 1.93. The van der Waals surface area contributed by atoms with E-state index in [4.69, 9.17) is 10.5 Å². The van der Waals surface area contributed by atoms with Gasteiger partial charge in [0, 0.05) is 31.6 Å². The highest BCUT2D eigenvalue weighted by Gasteiger charge is 2.53. The van der Waals surface area contributed by atoms with Crippen LogP contribution in [0, 0.1) is 11.8 Å². The van der Waals surface area contributed by atoms with Crippen LogP contribution in [0.1, 0.15) is 32.1 Å². The molecule has 2 amide bonds. The van der Waals surface area contributed by atoms with E-state index in [0.717, 1.165) is 19.3 Å². The summed E-state index contributed by atoms with van der Waals surface area (Å²) in [6.45, 7) is 1.53. The Kier molecular flexibility index (Phi) is 2.90. The van der Waals surface area contributed by atoms with Crippen molar-refractivity contribution in [2.75, 3.05) is 19.8 Å². The normalized spacial score (nSPS) is 35.1. The number of likely N-dealkylation sites (tertiary alicyclic amines) is 1. The third-order valence-corrected chi connectivity index (χ3v) is 4.85. The van der Waals surface area contributed by atoms with Gasteiger partial charge >= 0.3 is 0 Å². The zero-order valence-corrected chi connectivity index (χ0v) is 10.6. The van der Waals surface area contributed by atoms with Crippen molar-refractivity contribution < 1.29 is 14.3 Å². The third kappa shape index (κ3) is 1.61. The van der Waals surface area contributed by atoms with Gasteiger partial charge in [0.15, 0.2) is 0 Å². The number of ether oxygens (including phenoxy) is 1. The van der Waals surface area contributed by atoms with E-state index in [1.165, 1.54) is 4.90 Å². The molecule has 2 N–H and O–H groups in total. The van der Waals surface area contributed by atoms with Gasteiger partial charge in [0.05, 0.1) is 5.54 Å². The van der Waals surface area contributed by atoms with Crippen LogP contribution in [0.4, 0.5) is 0 Å². The second-order valence-corrected chi connectivity index (χ2v) is 5.76. The van der Waals surface area contributed by atoms with Gasteiger partial charge in [-0.3, -0.25) is 14.5 Å². The molecule has 5 nitrogen and oxygen atoms in total. The van der Waals surface area contributed by atoms with Crippen molar-refractivity contribution in [2.24, 2.45) is 17.6 Å². The average molecular weight is 252 g/mol. The lowest BCUT2D eigenvalue weighted by atomic mass is 9.83. The van der Waals surface area contributed by atoms with Crippen molar-refractivity contribution in [3.05, 3.63) is 0 Å². The summed E-state index contributed by atoms with van der Waals surface area (Å²) in [5.41, 5.74) is 5.42. The number of carbonyl (C=O) groups excluding carboxylic acids is 2. The van der Waals surface area contributed by atoms with Crippen LogP contribution in [0.15, 0.2) is 0 Å². The molecule has 0 spiro atoms. The fourth-order valence-corrected chi connectivity index (χ4v) is 3.64. The Hall–Kier alpha value is -0.940. The molecule has 2 heterocycles. The minimum absolute atomic E-state index is 0.0149. The predicted molar refractivity (Wildman–Crippen MR) is 64.5 cm³/mol. The van der Waals surface area contributed by atoms with Gasteiger partial charge in [0.2, 0.25) is 11.8 Å². The van der Waals surface area contributed by atoms with Gasteiger partial charge in [-0.15, -0.1) is 0 Å². The summed E-state index contributed by atoms with van der Waals surface area (Å²) in [6.07, 6.45) is 3.85. The first kappa shape index (κ1) is 12.1. The maximum atomic E-state index is 12.5. The van der Waals surface area contributed by atoms with Crippen molar-refractivity contribution in [1.29, 1.82) is 0 Å². The number of piperidine rings is 1. The Morgan fingerprint density at radius 3 is 2.22 bits per heavy atom. The fourth-order valence-electron chi connectivity index (χ4n) is 3.64. The monoisotopic (exact) mass is 252 g/mol. The first-order chi connectivity index (χ1) is 8.68. The molecule has 2 saturated heterocycles. The summed E-state index contributed by atoms with van der Waals surface area (Å²) in [6, 6.07) is 0. The molecule has 5 heteroatoms. The third-order valence-electron chi connectivity index (χ3n) is 4.85. The molecule has 1 saturated carbocycles. The van der Waals surface area contributed by atoms with E-state index < -0.39 is 5.54 Å². The molecule has 2 atom stereocenters. The van der Waals surface area contributed by atoms with Crippen LogP contribution in [0.5, 0.6) is 0 Å². The highest BCUT2D eigenvalue weighted by Crippen LogP contribution is 2.42. The van der Waals surface area contributed by atoms with Crippen LogP contribution in [0.2, 0.25) is 0 Å². The molecular weight excluding hydrogens is 232 g/mol. The second kappa shape index (κ2) is 4.31. The fraction of sp³-hybridized carbons (Fsp3) is 0.846. The lowest BCUT2D eigenvalue weighted by molar-refractivity contribution is -0.164. The van der Waals surface area contributed by atoms with Gasteiger partial charge in [-0.2, -0.15) is 0 Å². The number of nitrogens with two attached hydrogens (primary N) is 1. The molecule has 2 aliphatic heterocycles. The van der Waals surface area contributed by atoms with Crippen LogP contribution in [0.25, 0.3) is 0 Å². The van der Waals surface area contributed by atoms with Crippen LogP contribution < -0.4 is 5.73 Å². The minimum atomic E-state index is -0.478. The summed E-state index contributed by atoms with van der Waals surface area (Å²) in [5.74, 6) is 0.139. The Bertz CT molecular complexity index is 354. The second-order valence-electron chi connectivity index (χ2n) is 5.76. The average Bonchev–Trinajstić information content (AvgIpc) is 2.85. The summed E-state index contributed by atoms with van der Waals surface area (Å²) in [5, 5.41) is 0. The van der Waals surface area contributed by atoms with Crippen molar-refractivity contribution in [3.8, 4) is 0 Å². The smallest absolute Gasteiger partial charge is 0.232 e. The molecule has 3 fully saturated rings. The molecule has 2 bridgehead atoms. The molecule has 3 rings (SSSR count). The highest BCUT2D eigenvalue weighted by atomic mass is 16.5. The number of carbonyl (C=O) groups is 2. The number of hydrogen-bond acceptors (Lipinski definition) is 4. The van der Waals surface area contributed by atoms with Gasteiger partial charge < -0.3 is 10.5 Å². The van der Waals surface area contributed by atoms with E-state index in [0.29, 0.717) is 32.6 Å². The number of nitrogens with zero attached hydrogens (tertiary/aromatic N) is 1. The number of imide groups is 1. The molecule has 1 aliphatic carbocycles. The van der Waals surface area contributed by atoms with Crippen molar-refractivity contribution >= 4 is 11.8 Å². The highest BCUT2D eigenvalue weighted by molar-refractivity contribution is 6.01. The van der Waals surface area contributed by atoms with E-state index >= 15 is 0 Å². The topological polar surface area (TPSA) is 72.6 Å². The first-order valence-electron chi connectivity index (χ1n) is 6.84.